The highest BCUT2D eigenvalue weighted by atomic mass is 32.1. The van der Waals surface area contributed by atoms with E-state index >= 15 is 0 Å². The Morgan fingerprint density at radius 2 is 1.55 bits per heavy atom. The first kappa shape index (κ1) is 33.1. The predicted molar refractivity (Wildman–Crippen MR) is 191 cm³/mol. The van der Waals surface area contributed by atoms with Crippen molar-refractivity contribution in [2.45, 2.75) is 18.9 Å². The number of hydrogen-bond donors (Lipinski definition) is 3. The molecule has 4 aromatic carbocycles. The lowest BCUT2D eigenvalue weighted by Gasteiger charge is -2.20. The molecule has 0 aliphatic heterocycles. The van der Waals surface area contributed by atoms with E-state index in [1.54, 1.807) is 62.0 Å². The van der Waals surface area contributed by atoms with Gasteiger partial charge in [-0.05, 0) is 95.1 Å². The third-order valence-electron chi connectivity index (χ3n) is 8.52. The molecule has 49 heavy (non-hydrogen) atoms. The molecule has 0 saturated heterocycles. The summed E-state index contributed by atoms with van der Waals surface area (Å²) in [7, 11) is 6.06. The van der Waals surface area contributed by atoms with Crippen LogP contribution in [0.5, 0.6) is 23.0 Å². The third-order valence-corrected chi connectivity index (χ3v) is 9.44. The first-order valence-corrected chi connectivity index (χ1v) is 16.3. The molecule has 0 saturated carbocycles. The largest absolute Gasteiger partial charge is 0.493 e. The minimum Gasteiger partial charge on any atom is -0.493 e. The van der Waals surface area contributed by atoms with Crippen LogP contribution in [0.4, 0.5) is 11.4 Å². The number of benzene rings is 3. The average Bonchev–Trinajstić information content (AvgIpc) is 3.56. The Labute approximate surface area is 287 Å². The van der Waals surface area contributed by atoms with Crippen molar-refractivity contribution in [2.75, 3.05) is 39.5 Å². The van der Waals surface area contributed by atoms with Crippen molar-refractivity contribution in [3.8, 4) is 44.6 Å². The molecule has 11 heteroatoms. The van der Waals surface area contributed by atoms with Gasteiger partial charge in [-0.25, -0.2) is 0 Å². The molecule has 1 heterocycles. The quantitative estimate of drug-likeness (QED) is 0.146. The molecule has 0 fully saturated rings. The van der Waals surface area contributed by atoms with Crippen molar-refractivity contribution in [3.05, 3.63) is 117 Å². The molecular weight excluding hydrogens is 642 g/mol. The molecule has 2 amide bonds. The Balaban J connectivity index is 1.33. The van der Waals surface area contributed by atoms with Crippen LogP contribution in [0.25, 0.3) is 21.6 Å². The van der Waals surface area contributed by atoms with Crippen molar-refractivity contribution in [1.29, 1.82) is 0 Å². The lowest BCUT2D eigenvalue weighted by molar-refractivity contribution is 0.0935. The molecule has 0 radical (unpaired) electrons. The van der Waals surface area contributed by atoms with E-state index in [-0.39, 0.29) is 22.3 Å². The first-order chi connectivity index (χ1) is 23.8. The summed E-state index contributed by atoms with van der Waals surface area (Å²) in [5.41, 5.74) is 11.1. The maximum Gasteiger partial charge on any atom is 0.255 e. The van der Waals surface area contributed by atoms with E-state index in [1.807, 2.05) is 35.7 Å². The fourth-order valence-corrected chi connectivity index (χ4v) is 6.84. The summed E-state index contributed by atoms with van der Waals surface area (Å²) >= 11 is 1.59. The number of hydrogen-bond acceptors (Lipinski definition) is 9. The van der Waals surface area contributed by atoms with Crippen molar-refractivity contribution in [2.24, 2.45) is 0 Å². The maximum atomic E-state index is 13.9. The Morgan fingerprint density at radius 1 is 0.796 bits per heavy atom. The molecule has 250 valence electrons. The van der Waals surface area contributed by atoms with Gasteiger partial charge in [0.05, 0.1) is 45.9 Å². The molecule has 0 bridgehead atoms. The molecule has 6 rings (SSSR count). The standard InChI is InChI=1S/C38H35N3O7S/c1-45-31-15-12-25-26(20-30(31)42)28(14-11-22-19-32(46-2)35(47-3)36(48-4)34(22)25)40-37(43)23-7-5-8-24(17-23)38(44)41-29-18-21(10-13-27(29)39)33-9-6-16-49-33/h5-10,12-13,15-20,28H,11,14,39H2,1-4H3,(H,40,43)(H,41,44)/t28-/m0/s1. The highest BCUT2D eigenvalue weighted by Gasteiger charge is 2.30. The Kier molecular flexibility index (Phi) is 9.54. The number of aryl methyl sites for hydroxylation is 1. The number of carbonyl (C=O) groups is 2. The minimum atomic E-state index is -0.585. The zero-order valence-electron chi connectivity index (χ0n) is 27.4. The van der Waals surface area contributed by atoms with Gasteiger partial charge >= 0.3 is 0 Å². The zero-order chi connectivity index (χ0) is 34.7. The lowest BCUT2D eigenvalue weighted by atomic mass is 9.95. The second kappa shape index (κ2) is 14.1. The van der Waals surface area contributed by atoms with Gasteiger partial charge in [-0.2, -0.15) is 0 Å². The van der Waals surface area contributed by atoms with Crippen LogP contribution in [-0.2, 0) is 6.42 Å². The summed E-state index contributed by atoms with van der Waals surface area (Å²) in [5, 5.41) is 7.98. The molecule has 1 aliphatic rings. The first-order valence-electron chi connectivity index (χ1n) is 15.5. The predicted octanol–water partition coefficient (Wildman–Crippen LogP) is 6.73. The van der Waals surface area contributed by atoms with Crippen LogP contribution in [0.15, 0.2) is 89.0 Å². The van der Waals surface area contributed by atoms with Crippen molar-refractivity contribution in [1.82, 2.24) is 5.32 Å². The number of ether oxygens (including phenoxy) is 4. The number of methoxy groups -OCH3 is 4. The number of amides is 2. The molecule has 10 nitrogen and oxygen atoms in total. The SMILES string of the molecule is COc1cc2c(c(OC)c1OC)-c1ccc(OC)c(=O)cc1[C@@H](NC(=O)c1cccc(C(=O)Nc3cc(-c4cccs4)ccc3N)c1)CC2. The Morgan fingerprint density at radius 3 is 2.24 bits per heavy atom. The minimum absolute atomic E-state index is 0.152. The van der Waals surface area contributed by atoms with Crippen LogP contribution < -0.4 is 40.7 Å². The van der Waals surface area contributed by atoms with E-state index in [4.69, 9.17) is 24.7 Å². The number of anilines is 2. The van der Waals surface area contributed by atoms with Crippen molar-refractivity contribution < 1.29 is 28.5 Å². The van der Waals surface area contributed by atoms with Gasteiger partial charge in [0.2, 0.25) is 11.2 Å². The molecule has 5 aromatic rings. The smallest absolute Gasteiger partial charge is 0.255 e. The van der Waals surface area contributed by atoms with Gasteiger partial charge in [0.15, 0.2) is 17.2 Å². The number of fused-ring (bicyclic) bond motifs is 3. The van der Waals surface area contributed by atoms with E-state index in [9.17, 15) is 14.4 Å². The van der Waals surface area contributed by atoms with E-state index in [0.29, 0.717) is 52.6 Å². The van der Waals surface area contributed by atoms with E-state index in [2.05, 4.69) is 10.6 Å². The highest BCUT2D eigenvalue weighted by molar-refractivity contribution is 7.13. The molecule has 0 unspecified atom stereocenters. The summed E-state index contributed by atoms with van der Waals surface area (Å²) in [6, 6.07) is 22.1. The summed E-state index contributed by atoms with van der Waals surface area (Å²) in [6.07, 6.45) is 0.977. The van der Waals surface area contributed by atoms with Crippen molar-refractivity contribution in [3.63, 3.8) is 0 Å². The second-order valence-electron chi connectivity index (χ2n) is 11.3. The highest BCUT2D eigenvalue weighted by Crippen LogP contribution is 2.50. The van der Waals surface area contributed by atoms with Crippen LogP contribution in [-0.4, -0.2) is 40.3 Å². The molecule has 1 aromatic heterocycles. The molecular formula is C38H35N3O7S. The Hall–Kier alpha value is -5.81. The summed E-state index contributed by atoms with van der Waals surface area (Å²) in [5.74, 6) is 0.684. The fraction of sp³-hybridized carbons (Fsp3) is 0.184. The molecule has 1 aliphatic carbocycles. The number of nitrogens with two attached hydrogens (primary N) is 1. The van der Waals surface area contributed by atoms with Crippen LogP contribution in [0.2, 0.25) is 0 Å². The zero-order valence-corrected chi connectivity index (χ0v) is 28.2. The summed E-state index contributed by atoms with van der Waals surface area (Å²) in [4.78, 5) is 41.5. The molecule has 4 N–H and O–H groups in total. The second-order valence-corrected chi connectivity index (χ2v) is 12.3. The average molecular weight is 678 g/mol. The number of thiophene rings is 1. The Bertz CT molecular complexity index is 2110. The van der Waals surface area contributed by atoms with E-state index in [0.717, 1.165) is 21.6 Å². The van der Waals surface area contributed by atoms with Gasteiger partial charge in [0.1, 0.15) is 0 Å². The van der Waals surface area contributed by atoms with Crippen LogP contribution in [0.1, 0.15) is 44.3 Å². The number of carbonyl (C=O) groups excluding carboxylic acids is 2. The third kappa shape index (κ3) is 6.53. The fourth-order valence-electron chi connectivity index (χ4n) is 6.12. The normalized spacial score (nSPS) is 13.3. The van der Waals surface area contributed by atoms with Gasteiger partial charge in [-0.15, -0.1) is 11.3 Å². The molecule has 1 atom stereocenters. The van der Waals surface area contributed by atoms with Gasteiger partial charge in [0, 0.05) is 21.6 Å². The number of nitrogens with one attached hydrogen (secondary N) is 2. The topological polar surface area (TPSA) is 138 Å². The van der Waals surface area contributed by atoms with Crippen molar-refractivity contribution >= 4 is 34.5 Å². The van der Waals surface area contributed by atoms with Gasteiger partial charge in [-0.3, -0.25) is 14.4 Å². The number of nitrogen functional groups attached to an aromatic ring is 1. The van der Waals surface area contributed by atoms with E-state index < -0.39 is 17.9 Å². The molecule has 0 spiro atoms. The summed E-state index contributed by atoms with van der Waals surface area (Å²) in [6.45, 7) is 0. The van der Waals surface area contributed by atoms with Crippen LogP contribution >= 0.6 is 11.3 Å². The lowest BCUT2D eigenvalue weighted by Crippen LogP contribution is -2.29. The van der Waals surface area contributed by atoms with Gasteiger partial charge < -0.3 is 35.3 Å². The van der Waals surface area contributed by atoms with E-state index in [1.165, 1.54) is 26.4 Å². The monoisotopic (exact) mass is 677 g/mol. The van der Waals surface area contributed by atoms with Crippen LogP contribution in [0.3, 0.4) is 0 Å². The van der Waals surface area contributed by atoms with Gasteiger partial charge in [-0.1, -0.05) is 24.3 Å². The number of rotatable bonds is 9. The summed E-state index contributed by atoms with van der Waals surface area (Å²) < 4.78 is 22.5. The van der Waals surface area contributed by atoms with Crippen LogP contribution in [0, 0.1) is 0 Å². The van der Waals surface area contributed by atoms with Gasteiger partial charge in [0.25, 0.3) is 11.8 Å². The maximum absolute atomic E-state index is 13.9.